The fraction of sp³-hybridized carbons (Fsp3) is 0.896. The molecule has 1 amide bonds. The smallest absolute Gasteiger partial charge is 0.220 e. The topological polar surface area (TPSA) is 149 Å². The van der Waals surface area contributed by atoms with Gasteiger partial charge in [0.15, 0.2) is 6.29 Å². The number of hydrogen-bond donors (Lipinski definition) is 6. The lowest BCUT2D eigenvalue weighted by atomic mass is 9.99. The Bertz CT molecular complexity index is 1290. The molecular formula is C67H127NO8. The van der Waals surface area contributed by atoms with Crippen molar-refractivity contribution in [3.8, 4) is 0 Å². The maximum atomic E-state index is 13.1. The molecule has 1 rings (SSSR count). The maximum absolute atomic E-state index is 13.1. The summed E-state index contributed by atoms with van der Waals surface area (Å²) in [6.45, 7) is 3.81. The van der Waals surface area contributed by atoms with E-state index in [9.17, 15) is 30.3 Å². The van der Waals surface area contributed by atoms with Crippen LogP contribution in [0.5, 0.6) is 0 Å². The number of allylic oxidation sites excluding steroid dienone is 5. The molecule has 0 radical (unpaired) electrons. The molecule has 9 heteroatoms. The van der Waals surface area contributed by atoms with E-state index in [0.717, 1.165) is 38.5 Å². The van der Waals surface area contributed by atoms with Crippen molar-refractivity contribution in [1.29, 1.82) is 0 Å². The lowest BCUT2D eigenvalue weighted by Crippen LogP contribution is -2.60. The first-order valence-corrected chi connectivity index (χ1v) is 33.2. The minimum absolute atomic E-state index is 0.181. The normalized spacial score (nSPS) is 19.0. The standard InChI is InChI=1S/C67H127NO8/c1-3-5-7-9-11-13-15-17-19-21-23-25-27-29-30-31-32-33-35-37-39-41-43-45-47-49-51-53-55-57-63(71)68-60(59-75-67-66(74)65(73)64(72)62(58-69)76-67)61(70)56-54-52-50-48-46-44-42-40-38-36-34-28-26-24-22-20-18-16-14-12-10-8-6-4-2/h21,23,46,48,54,56,60-62,64-67,69-70,72-74H,3-20,22,24-45,47,49-53,55,57-59H2,1-2H3,(H,68,71)/b23-21-,48-46+,56-54+. The van der Waals surface area contributed by atoms with E-state index in [0.29, 0.717) is 6.42 Å². The van der Waals surface area contributed by atoms with E-state index >= 15 is 0 Å². The largest absolute Gasteiger partial charge is 0.394 e. The van der Waals surface area contributed by atoms with Gasteiger partial charge in [-0.05, 0) is 57.8 Å². The van der Waals surface area contributed by atoms with Gasteiger partial charge in [0.25, 0.3) is 0 Å². The lowest BCUT2D eigenvalue weighted by Gasteiger charge is -2.40. The first-order valence-electron chi connectivity index (χ1n) is 33.2. The molecule has 0 saturated carbocycles. The number of ether oxygens (including phenoxy) is 2. The van der Waals surface area contributed by atoms with Crippen molar-refractivity contribution in [3.05, 3.63) is 36.5 Å². The zero-order chi connectivity index (χ0) is 55.0. The van der Waals surface area contributed by atoms with Gasteiger partial charge >= 0.3 is 0 Å². The van der Waals surface area contributed by atoms with Crippen LogP contribution in [0.4, 0.5) is 0 Å². The van der Waals surface area contributed by atoms with Crippen LogP contribution < -0.4 is 5.32 Å². The van der Waals surface area contributed by atoms with Crippen molar-refractivity contribution in [2.45, 2.75) is 371 Å². The maximum Gasteiger partial charge on any atom is 0.220 e. The summed E-state index contributed by atoms with van der Waals surface area (Å²) < 4.78 is 11.3. The second-order valence-electron chi connectivity index (χ2n) is 23.3. The molecule has 0 aliphatic carbocycles. The number of aliphatic hydroxyl groups excluding tert-OH is 5. The molecule has 1 aliphatic rings. The minimum Gasteiger partial charge on any atom is -0.394 e. The van der Waals surface area contributed by atoms with E-state index in [1.54, 1.807) is 6.08 Å². The Morgan fingerprint density at radius 3 is 1.11 bits per heavy atom. The number of amides is 1. The fourth-order valence-corrected chi connectivity index (χ4v) is 10.7. The van der Waals surface area contributed by atoms with Crippen molar-refractivity contribution >= 4 is 5.91 Å². The highest BCUT2D eigenvalue weighted by Crippen LogP contribution is 2.23. The van der Waals surface area contributed by atoms with Crippen LogP contribution in [-0.4, -0.2) is 87.5 Å². The number of carbonyl (C=O) groups excluding carboxylic acids is 1. The van der Waals surface area contributed by atoms with E-state index in [1.807, 2.05) is 6.08 Å². The summed E-state index contributed by atoms with van der Waals surface area (Å²) in [5.41, 5.74) is 0. The number of unbranched alkanes of at least 4 members (excludes halogenated alkanes) is 44. The summed E-state index contributed by atoms with van der Waals surface area (Å²) in [6.07, 6.45) is 68.1. The van der Waals surface area contributed by atoms with Crippen molar-refractivity contribution in [2.24, 2.45) is 0 Å². The number of aliphatic hydroxyl groups is 5. The molecule has 7 atom stereocenters. The summed E-state index contributed by atoms with van der Waals surface area (Å²) >= 11 is 0. The molecule has 1 saturated heterocycles. The number of rotatable bonds is 58. The van der Waals surface area contributed by atoms with Gasteiger partial charge in [0.05, 0.1) is 25.4 Å². The Kier molecular flexibility index (Phi) is 54.0. The molecule has 7 unspecified atom stereocenters. The van der Waals surface area contributed by atoms with Crippen LogP contribution in [0.25, 0.3) is 0 Å². The molecule has 1 heterocycles. The average Bonchev–Trinajstić information content (AvgIpc) is 3.42. The van der Waals surface area contributed by atoms with Crippen molar-refractivity contribution in [2.75, 3.05) is 13.2 Å². The Morgan fingerprint density at radius 1 is 0.434 bits per heavy atom. The molecule has 9 nitrogen and oxygen atoms in total. The molecule has 1 fully saturated rings. The van der Waals surface area contributed by atoms with Gasteiger partial charge in [0, 0.05) is 6.42 Å². The van der Waals surface area contributed by atoms with Gasteiger partial charge in [-0.25, -0.2) is 0 Å². The van der Waals surface area contributed by atoms with Crippen LogP contribution >= 0.6 is 0 Å². The quantitative estimate of drug-likeness (QED) is 0.0261. The van der Waals surface area contributed by atoms with Gasteiger partial charge in [-0.2, -0.15) is 0 Å². The van der Waals surface area contributed by atoms with Crippen LogP contribution in [0.2, 0.25) is 0 Å². The van der Waals surface area contributed by atoms with Crippen molar-refractivity contribution < 1.29 is 39.8 Å². The average molecular weight is 1070 g/mol. The summed E-state index contributed by atoms with van der Waals surface area (Å²) in [4.78, 5) is 13.1. The summed E-state index contributed by atoms with van der Waals surface area (Å²) in [6, 6.07) is -0.821. The molecule has 0 aromatic heterocycles. The van der Waals surface area contributed by atoms with Crippen molar-refractivity contribution in [1.82, 2.24) is 5.32 Å². The zero-order valence-electron chi connectivity index (χ0n) is 50.0. The van der Waals surface area contributed by atoms with E-state index in [2.05, 4.69) is 43.5 Å². The Balaban J connectivity index is 2.16. The highest BCUT2D eigenvalue weighted by molar-refractivity contribution is 5.76. The lowest BCUT2D eigenvalue weighted by molar-refractivity contribution is -0.302. The highest BCUT2D eigenvalue weighted by atomic mass is 16.7. The third-order valence-corrected chi connectivity index (χ3v) is 15.9. The number of carbonyl (C=O) groups is 1. The summed E-state index contributed by atoms with van der Waals surface area (Å²) in [5.74, 6) is -0.181. The van der Waals surface area contributed by atoms with Gasteiger partial charge < -0.3 is 40.3 Å². The van der Waals surface area contributed by atoms with Crippen LogP contribution in [0.3, 0.4) is 0 Å². The Hall–Kier alpha value is -1.59. The van der Waals surface area contributed by atoms with Crippen LogP contribution in [0.15, 0.2) is 36.5 Å². The van der Waals surface area contributed by atoms with Crippen LogP contribution in [0, 0.1) is 0 Å². The molecule has 6 N–H and O–H groups in total. The van der Waals surface area contributed by atoms with Crippen molar-refractivity contribution in [3.63, 3.8) is 0 Å². The van der Waals surface area contributed by atoms with Gasteiger partial charge in [0.2, 0.25) is 5.91 Å². The third-order valence-electron chi connectivity index (χ3n) is 15.9. The predicted molar refractivity (Wildman–Crippen MR) is 323 cm³/mol. The van der Waals surface area contributed by atoms with E-state index in [1.165, 1.54) is 270 Å². The summed E-state index contributed by atoms with van der Waals surface area (Å²) in [7, 11) is 0. The molecule has 0 bridgehead atoms. The molecule has 448 valence electrons. The molecular weight excluding hydrogens is 947 g/mol. The second kappa shape index (κ2) is 56.7. The second-order valence-corrected chi connectivity index (χ2v) is 23.3. The Labute approximate surface area is 470 Å². The minimum atomic E-state index is -1.57. The van der Waals surface area contributed by atoms with Crippen LogP contribution in [-0.2, 0) is 14.3 Å². The van der Waals surface area contributed by atoms with E-state index < -0.39 is 49.5 Å². The van der Waals surface area contributed by atoms with Gasteiger partial charge in [0.1, 0.15) is 24.4 Å². The third kappa shape index (κ3) is 45.2. The zero-order valence-corrected chi connectivity index (χ0v) is 50.0. The first kappa shape index (κ1) is 72.4. The van der Waals surface area contributed by atoms with Gasteiger partial charge in [-0.3, -0.25) is 4.79 Å². The first-order chi connectivity index (χ1) is 37.3. The molecule has 1 aliphatic heterocycles. The van der Waals surface area contributed by atoms with Crippen LogP contribution in [0.1, 0.15) is 328 Å². The number of hydrogen-bond acceptors (Lipinski definition) is 8. The Morgan fingerprint density at radius 2 is 0.750 bits per heavy atom. The van der Waals surface area contributed by atoms with Gasteiger partial charge in [-0.15, -0.1) is 0 Å². The summed E-state index contributed by atoms with van der Waals surface area (Å²) in [5, 5.41) is 54.7. The monoisotopic (exact) mass is 1070 g/mol. The fourth-order valence-electron chi connectivity index (χ4n) is 10.7. The molecule has 76 heavy (non-hydrogen) atoms. The van der Waals surface area contributed by atoms with E-state index in [4.69, 9.17) is 9.47 Å². The predicted octanol–water partition coefficient (Wildman–Crippen LogP) is 17.5. The highest BCUT2D eigenvalue weighted by Gasteiger charge is 2.44. The molecule has 0 aromatic rings. The van der Waals surface area contributed by atoms with Gasteiger partial charge in [-0.1, -0.05) is 301 Å². The number of nitrogens with one attached hydrogen (secondary N) is 1. The molecule has 0 aromatic carbocycles. The molecule has 0 spiro atoms. The van der Waals surface area contributed by atoms with E-state index in [-0.39, 0.29) is 12.5 Å². The SMILES string of the molecule is CCCCCCCCCC/C=C\CCCCCCCCCCCCCCCCCCCC(=O)NC(COC1OC(CO)C(O)C(O)C1O)C(O)/C=C/CC/C=C/CCCCCCCCCCCCCCCCCCCC.